The lowest BCUT2D eigenvalue weighted by atomic mass is 9.96. The molecule has 1 saturated carbocycles. The smallest absolute Gasteiger partial charge is 0.136 e. The van der Waals surface area contributed by atoms with E-state index in [9.17, 15) is 9.50 Å². The molecule has 1 N–H and O–H groups in total. The minimum atomic E-state index is -0.948. The van der Waals surface area contributed by atoms with Crippen LogP contribution in [0.2, 0.25) is 0 Å². The lowest BCUT2D eigenvalue weighted by Gasteiger charge is -2.20. The van der Waals surface area contributed by atoms with E-state index in [1.807, 2.05) is 0 Å². The molecule has 1 unspecified atom stereocenters. The first kappa shape index (κ1) is 10.8. The molecule has 1 aliphatic rings. The third kappa shape index (κ3) is 2.07. The fraction of sp³-hybridized carbons (Fsp3) is 0.429. The van der Waals surface area contributed by atoms with E-state index in [1.165, 1.54) is 25.0 Å². The second kappa shape index (κ2) is 3.57. The Morgan fingerprint density at radius 1 is 1.41 bits per heavy atom. The number of furan rings is 1. The summed E-state index contributed by atoms with van der Waals surface area (Å²) in [6.07, 6.45) is 3.09. The minimum Gasteiger partial charge on any atom is -0.458 e. The van der Waals surface area contributed by atoms with E-state index in [0.717, 1.165) is 6.42 Å². The van der Waals surface area contributed by atoms with Gasteiger partial charge in [0.05, 0.1) is 0 Å². The van der Waals surface area contributed by atoms with Crippen LogP contribution in [0.1, 0.15) is 31.9 Å². The fourth-order valence-corrected chi connectivity index (χ4v) is 2.26. The Balaban J connectivity index is 1.98. The van der Waals surface area contributed by atoms with Crippen molar-refractivity contribution in [2.24, 2.45) is 5.92 Å². The molecule has 1 aromatic carbocycles. The normalized spacial score (nSPS) is 19.5. The van der Waals surface area contributed by atoms with Crippen molar-refractivity contribution in [2.75, 3.05) is 0 Å². The molecular formula is C14H15FO2. The summed E-state index contributed by atoms with van der Waals surface area (Å²) in [4.78, 5) is 0. The van der Waals surface area contributed by atoms with Crippen LogP contribution in [0.5, 0.6) is 0 Å². The number of benzene rings is 1. The maximum absolute atomic E-state index is 13.1. The van der Waals surface area contributed by atoms with Gasteiger partial charge in [-0.15, -0.1) is 0 Å². The van der Waals surface area contributed by atoms with Gasteiger partial charge in [0, 0.05) is 5.39 Å². The highest BCUT2D eigenvalue weighted by molar-refractivity contribution is 5.78. The van der Waals surface area contributed by atoms with Crippen LogP contribution in [0.15, 0.2) is 28.7 Å². The summed E-state index contributed by atoms with van der Waals surface area (Å²) in [5.74, 6) is 0.853. The monoisotopic (exact) mass is 234 g/mol. The van der Waals surface area contributed by atoms with Gasteiger partial charge in [0.2, 0.25) is 0 Å². The zero-order chi connectivity index (χ0) is 12.0. The molecule has 1 heterocycles. The predicted octanol–water partition coefficient (Wildman–Crippen LogP) is 3.58. The van der Waals surface area contributed by atoms with E-state index in [-0.39, 0.29) is 5.82 Å². The van der Waals surface area contributed by atoms with Crippen LogP contribution in [0, 0.1) is 11.7 Å². The van der Waals surface area contributed by atoms with Gasteiger partial charge < -0.3 is 9.52 Å². The molecule has 1 fully saturated rings. The molecule has 1 aromatic heterocycles. The predicted molar refractivity (Wildman–Crippen MR) is 63.1 cm³/mol. The standard InChI is InChI=1S/C14H15FO2/c1-14(16,8-9-2-3-9)13-7-10-6-11(15)4-5-12(10)17-13/h4-7,9,16H,2-3,8H2,1H3. The number of aliphatic hydroxyl groups is 1. The molecule has 17 heavy (non-hydrogen) atoms. The van der Waals surface area contributed by atoms with E-state index in [4.69, 9.17) is 4.42 Å². The quantitative estimate of drug-likeness (QED) is 0.880. The molecule has 1 aliphatic carbocycles. The highest BCUT2D eigenvalue weighted by atomic mass is 19.1. The first-order valence-electron chi connectivity index (χ1n) is 5.96. The van der Waals surface area contributed by atoms with Crippen molar-refractivity contribution in [2.45, 2.75) is 31.8 Å². The first-order chi connectivity index (χ1) is 8.04. The molecular weight excluding hydrogens is 219 g/mol. The lowest BCUT2D eigenvalue weighted by Crippen LogP contribution is -2.20. The van der Waals surface area contributed by atoms with Gasteiger partial charge in [-0.25, -0.2) is 4.39 Å². The van der Waals surface area contributed by atoms with Crippen LogP contribution in [0.3, 0.4) is 0 Å². The van der Waals surface area contributed by atoms with Crippen LogP contribution < -0.4 is 0 Å². The zero-order valence-electron chi connectivity index (χ0n) is 9.74. The van der Waals surface area contributed by atoms with Gasteiger partial charge in [0.15, 0.2) is 0 Å². The summed E-state index contributed by atoms with van der Waals surface area (Å²) < 4.78 is 18.7. The van der Waals surface area contributed by atoms with Crippen molar-refractivity contribution in [3.63, 3.8) is 0 Å². The molecule has 2 aromatic rings. The summed E-state index contributed by atoms with van der Waals surface area (Å²) in [6, 6.07) is 6.13. The molecule has 0 amide bonds. The van der Waals surface area contributed by atoms with Crippen LogP contribution in [-0.2, 0) is 5.60 Å². The molecule has 0 aliphatic heterocycles. The largest absolute Gasteiger partial charge is 0.458 e. The van der Waals surface area contributed by atoms with Gasteiger partial charge in [-0.3, -0.25) is 0 Å². The van der Waals surface area contributed by atoms with E-state index >= 15 is 0 Å². The molecule has 2 nitrogen and oxygen atoms in total. The van der Waals surface area contributed by atoms with Crippen molar-refractivity contribution in [1.29, 1.82) is 0 Å². The minimum absolute atomic E-state index is 0.285. The van der Waals surface area contributed by atoms with Gasteiger partial charge >= 0.3 is 0 Å². The highest BCUT2D eigenvalue weighted by Gasteiger charge is 2.35. The maximum atomic E-state index is 13.1. The van der Waals surface area contributed by atoms with Crippen LogP contribution in [0.4, 0.5) is 4.39 Å². The van der Waals surface area contributed by atoms with Crippen LogP contribution in [-0.4, -0.2) is 5.11 Å². The van der Waals surface area contributed by atoms with Crippen molar-refractivity contribution in [3.8, 4) is 0 Å². The summed E-state index contributed by atoms with van der Waals surface area (Å²) in [5.41, 5.74) is -0.325. The Morgan fingerprint density at radius 3 is 2.88 bits per heavy atom. The SMILES string of the molecule is CC(O)(CC1CC1)c1cc2cc(F)ccc2o1. The Morgan fingerprint density at radius 2 is 2.18 bits per heavy atom. The summed E-state index contributed by atoms with van der Waals surface area (Å²) >= 11 is 0. The van der Waals surface area contributed by atoms with Crippen LogP contribution in [0.25, 0.3) is 11.0 Å². The summed E-state index contributed by atoms with van der Waals surface area (Å²) in [7, 11) is 0. The first-order valence-corrected chi connectivity index (χ1v) is 5.96. The third-order valence-electron chi connectivity index (χ3n) is 3.39. The number of halogens is 1. The number of rotatable bonds is 3. The lowest BCUT2D eigenvalue weighted by molar-refractivity contribution is 0.0213. The van der Waals surface area contributed by atoms with Gasteiger partial charge in [-0.05, 0) is 43.5 Å². The van der Waals surface area contributed by atoms with Crippen molar-refractivity contribution in [1.82, 2.24) is 0 Å². The summed E-state index contributed by atoms with van der Waals surface area (Å²) in [6.45, 7) is 1.76. The molecule has 0 spiro atoms. The molecule has 3 heteroatoms. The highest BCUT2D eigenvalue weighted by Crippen LogP contribution is 2.41. The van der Waals surface area contributed by atoms with E-state index < -0.39 is 5.60 Å². The molecule has 0 bridgehead atoms. The van der Waals surface area contributed by atoms with E-state index in [1.54, 1.807) is 19.1 Å². The maximum Gasteiger partial charge on any atom is 0.136 e. The number of hydrogen-bond acceptors (Lipinski definition) is 2. The third-order valence-corrected chi connectivity index (χ3v) is 3.39. The van der Waals surface area contributed by atoms with E-state index in [2.05, 4.69) is 0 Å². The zero-order valence-corrected chi connectivity index (χ0v) is 9.74. The van der Waals surface area contributed by atoms with Crippen molar-refractivity contribution >= 4 is 11.0 Å². The molecule has 0 saturated heterocycles. The molecule has 0 radical (unpaired) electrons. The Kier molecular flexibility index (Phi) is 2.26. The molecule has 90 valence electrons. The Hall–Kier alpha value is -1.35. The second-order valence-corrected chi connectivity index (χ2v) is 5.21. The Bertz CT molecular complexity index is 552. The number of hydrogen-bond donors (Lipinski definition) is 1. The van der Waals surface area contributed by atoms with Gasteiger partial charge in [0.25, 0.3) is 0 Å². The van der Waals surface area contributed by atoms with Gasteiger partial charge in [0.1, 0.15) is 22.8 Å². The van der Waals surface area contributed by atoms with E-state index in [0.29, 0.717) is 22.6 Å². The molecule has 3 rings (SSSR count). The van der Waals surface area contributed by atoms with Gasteiger partial charge in [-0.2, -0.15) is 0 Å². The Labute approximate surface area is 99.1 Å². The average molecular weight is 234 g/mol. The van der Waals surface area contributed by atoms with Crippen molar-refractivity contribution in [3.05, 3.63) is 35.8 Å². The summed E-state index contributed by atoms with van der Waals surface area (Å²) in [5, 5.41) is 11.1. The van der Waals surface area contributed by atoms with Crippen molar-refractivity contribution < 1.29 is 13.9 Å². The topological polar surface area (TPSA) is 33.4 Å². The fourth-order valence-electron chi connectivity index (χ4n) is 2.26. The second-order valence-electron chi connectivity index (χ2n) is 5.21. The number of fused-ring (bicyclic) bond motifs is 1. The van der Waals surface area contributed by atoms with Crippen LogP contribution >= 0.6 is 0 Å². The van der Waals surface area contributed by atoms with Gasteiger partial charge in [-0.1, -0.05) is 12.8 Å². The average Bonchev–Trinajstić information content (AvgIpc) is 2.94. The molecule has 1 atom stereocenters.